The number of piperidine rings is 1. The van der Waals surface area contributed by atoms with Gasteiger partial charge in [0.25, 0.3) is 0 Å². The molecule has 1 aliphatic rings. The van der Waals surface area contributed by atoms with E-state index in [1.165, 1.54) is 0 Å². The minimum Gasteiger partial charge on any atom is -0.348 e. The third kappa shape index (κ3) is 3.06. The van der Waals surface area contributed by atoms with Gasteiger partial charge in [-0.2, -0.15) is 5.10 Å². The van der Waals surface area contributed by atoms with Crippen LogP contribution in [0.1, 0.15) is 18.9 Å². The number of rotatable bonds is 3. The van der Waals surface area contributed by atoms with Crippen LogP contribution in [0.4, 0.5) is 0 Å². The Morgan fingerprint density at radius 1 is 1.41 bits per heavy atom. The highest BCUT2D eigenvalue weighted by Gasteiger charge is 2.22. The number of hydrogen-bond donors (Lipinski definition) is 0. The van der Waals surface area contributed by atoms with Crippen LogP contribution in [0, 0.1) is 0 Å². The fourth-order valence-electron chi connectivity index (χ4n) is 2.17. The van der Waals surface area contributed by atoms with E-state index >= 15 is 0 Å². The third-order valence-corrected chi connectivity index (χ3v) is 3.31. The van der Waals surface area contributed by atoms with Crippen molar-refractivity contribution in [2.75, 3.05) is 33.7 Å². The van der Waals surface area contributed by atoms with Crippen molar-refractivity contribution >= 4 is 5.91 Å². The molecule has 0 aliphatic carbocycles. The van der Waals surface area contributed by atoms with E-state index in [0.717, 1.165) is 25.9 Å². The number of carbonyl (C=O) groups is 1. The standard InChI is InChI=1S/C12H20N4O/c1-14(2)12(17)10-15-8-4-11(5-9-15)16-7-3-6-13-16/h3,6-7,11H,4-5,8-10H2,1-2H3. The molecule has 1 fully saturated rings. The summed E-state index contributed by atoms with van der Waals surface area (Å²) < 4.78 is 2.03. The van der Waals surface area contributed by atoms with Crippen LogP contribution >= 0.6 is 0 Å². The molecule has 1 aromatic heterocycles. The van der Waals surface area contributed by atoms with E-state index in [1.54, 1.807) is 19.0 Å². The monoisotopic (exact) mass is 236 g/mol. The van der Waals surface area contributed by atoms with Crippen molar-refractivity contribution in [1.29, 1.82) is 0 Å². The summed E-state index contributed by atoms with van der Waals surface area (Å²) in [5, 5.41) is 4.28. The Morgan fingerprint density at radius 2 is 2.12 bits per heavy atom. The van der Waals surface area contributed by atoms with Crippen LogP contribution in [0.3, 0.4) is 0 Å². The molecule has 0 N–H and O–H groups in total. The maximum atomic E-state index is 11.6. The van der Waals surface area contributed by atoms with E-state index in [4.69, 9.17) is 0 Å². The summed E-state index contributed by atoms with van der Waals surface area (Å²) in [4.78, 5) is 15.5. The van der Waals surface area contributed by atoms with Gasteiger partial charge in [-0.05, 0) is 18.9 Å². The molecule has 17 heavy (non-hydrogen) atoms. The maximum Gasteiger partial charge on any atom is 0.236 e. The molecule has 0 saturated carbocycles. The first-order valence-corrected chi connectivity index (χ1v) is 6.08. The first kappa shape index (κ1) is 12.1. The van der Waals surface area contributed by atoms with Gasteiger partial charge in [-0.15, -0.1) is 0 Å². The number of aromatic nitrogens is 2. The largest absolute Gasteiger partial charge is 0.348 e. The first-order chi connectivity index (χ1) is 8.16. The lowest BCUT2D eigenvalue weighted by Crippen LogP contribution is -2.41. The second kappa shape index (κ2) is 5.31. The lowest BCUT2D eigenvalue weighted by atomic mass is 10.1. The van der Waals surface area contributed by atoms with Gasteiger partial charge in [0.2, 0.25) is 5.91 Å². The summed E-state index contributed by atoms with van der Waals surface area (Å²) in [5.74, 6) is 0.183. The molecule has 1 saturated heterocycles. The predicted octanol–water partition coefficient (Wildman–Crippen LogP) is 0.608. The van der Waals surface area contributed by atoms with E-state index in [9.17, 15) is 4.79 Å². The average Bonchev–Trinajstić information content (AvgIpc) is 2.83. The van der Waals surface area contributed by atoms with E-state index in [1.807, 2.05) is 23.1 Å². The Labute approximate surface area is 102 Å². The van der Waals surface area contributed by atoms with Crippen molar-refractivity contribution < 1.29 is 4.79 Å². The summed E-state index contributed by atoms with van der Waals surface area (Å²) in [6, 6.07) is 2.46. The summed E-state index contributed by atoms with van der Waals surface area (Å²) >= 11 is 0. The highest BCUT2D eigenvalue weighted by atomic mass is 16.2. The Balaban J connectivity index is 1.80. The van der Waals surface area contributed by atoms with Crippen LogP contribution in [-0.4, -0.2) is 59.2 Å². The second-order valence-electron chi connectivity index (χ2n) is 4.78. The summed E-state index contributed by atoms with van der Waals surface area (Å²) in [6.45, 7) is 2.49. The molecule has 5 nitrogen and oxygen atoms in total. The molecule has 94 valence electrons. The van der Waals surface area contributed by atoms with Crippen LogP contribution in [0.15, 0.2) is 18.5 Å². The topological polar surface area (TPSA) is 41.4 Å². The molecule has 0 aromatic carbocycles. The van der Waals surface area contributed by atoms with Gasteiger partial charge in [0.05, 0.1) is 12.6 Å². The summed E-state index contributed by atoms with van der Waals surface area (Å²) in [7, 11) is 3.61. The van der Waals surface area contributed by atoms with Crippen LogP contribution in [0.2, 0.25) is 0 Å². The zero-order chi connectivity index (χ0) is 12.3. The smallest absolute Gasteiger partial charge is 0.236 e. The molecule has 2 heterocycles. The molecular formula is C12H20N4O. The van der Waals surface area contributed by atoms with Crippen molar-refractivity contribution in [3.05, 3.63) is 18.5 Å². The fraction of sp³-hybridized carbons (Fsp3) is 0.667. The van der Waals surface area contributed by atoms with Gasteiger partial charge in [-0.3, -0.25) is 14.4 Å². The molecule has 5 heteroatoms. The van der Waals surface area contributed by atoms with Gasteiger partial charge in [0, 0.05) is 39.6 Å². The molecule has 0 unspecified atom stereocenters. The number of amides is 1. The predicted molar refractivity (Wildman–Crippen MR) is 65.6 cm³/mol. The number of likely N-dealkylation sites (tertiary alicyclic amines) is 1. The first-order valence-electron chi connectivity index (χ1n) is 6.08. The lowest BCUT2D eigenvalue weighted by molar-refractivity contribution is -0.130. The fourth-order valence-corrected chi connectivity index (χ4v) is 2.17. The second-order valence-corrected chi connectivity index (χ2v) is 4.78. The van der Waals surface area contributed by atoms with Crippen molar-refractivity contribution in [3.8, 4) is 0 Å². The minimum atomic E-state index is 0.183. The number of carbonyl (C=O) groups excluding carboxylic acids is 1. The minimum absolute atomic E-state index is 0.183. The highest BCUT2D eigenvalue weighted by molar-refractivity contribution is 5.77. The molecule has 1 aliphatic heterocycles. The molecule has 0 radical (unpaired) electrons. The maximum absolute atomic E-state index is 11.6. The SMILES string of the molecule is CN(C)C(=O)CN1CCC(n2cccn2)CC1. The van der Waals surface area contributed by atoms with Crippen molar-refractivity contribution in [1.82, 2.24) is 19.6 Å². The lowest BCUT2D eigenvalue weighted by Gasteiger charge is -2.32. The van der Waals surface area contributed by atoms with Gasteiger partial charge in [-0.25, -0.2) is 0 Å². The van der Waals surface area contributed by atoms with Crippen LogP contribution in [0.25, 0.3) is 0 Å². The zero-order valence-electron chi connectivity index (χ0n) is 10.5. The van der Waals surface area contributed by atoms with Gasteiger partial charge in [0.1, 0.15) is 0 Å². The Hall–Kier alpha value is -1.36. The van der Waals surface area contributed by atoms with Gasteiger partial charge in [-0.1, -0.05) is 0 Å². The highest BCUT2D eigenvalue weighted by Crippen LogP contribution is 2.21. The van der Waals surface area contributed by atoms with Crippen molar-refractivity contribution in [2.45, 2.75) is 18.9 Å². The normalized spacial score (nSPS) is 18.2. The molecule has 0 bridgehead atoms. The number of hydrogen-bond acceptors (Lipinski definition) is 3. The Kier molecular flexibility index (Phi) is 3.78. The van der Waals surface area contributed by atoms with Gasteiger partial charge >= 0.3 is 0 Å². The molecule has 2 rings (SSSR count). The van der Waals surface area contributed by atoms with E-state index in [0.29, 0.717) is 12.6 Å². The van der Waals surface area contributed by atoms with Crippen molar-refractivity contribution in [2.24, 2.45) is 0 Å². The Morgan fingerprint density at radius 3 is 2.65 bits per heavy atom. The van der Waals surface area contributed by atoms with Gasteiger partial charge in [0.15, 0.2) is 0 Å². The van der Waals surface area contributed by atoms with Crippen molar-refractivity contribution in [3.63, 3.8) is 0 Å². The molecule has 0 spiro atoms. The molecule has 1 amide bonds. The van der Waals surface area contributed by atoms with E-state index in [-0.39, 0.29) is 5.91 Å². The molecular weight excluding hydrogens is 216 g/mol. The van der Waals surface area contributed by atoms with Crippen LogP contribution in [-0.2, 0) is 4.79 Å². The van der Waals surface area contributed by atoms with Gasteiger partial charge < -0.3 is 4.90 Å². The average molecular weight is 236 g/mol. The van der Waals surface area contributed by atoms with Crippen LogP contribution < -0.4 is 0 Å². The summed E-state index contributed by atoms with van der Waals surface area (Å²) in [5.41, 5.74) is 0. The Bertz CT molecular complexity index is 353. The zero-order valence-corrected chi connectivity index (χ0v) is 10.5. The van der Waals surface area contributed by atoms with E-state index < -0.39 is 0 Å². The van der Waals surface area contributed by atoms with E-state index in [2.05, 4.69) is 10.00 Å². The molecule has 1 aromatic rings. The number of likely N-dealkylation sites (N-methyl/N-ethyl adjacent to an activating group) is 1. The molecule has 0 atom stereocenters. The quantitative estimate of drug-likeness (QED) is 0.772. The third-order valence-electron chi connectivity index (χ3n) is 3.31. The number of nitrogens with zero attached hydrogens (tertiary/aromatic N) is 4. The summed E-state index contributed by atoms with van der Waals surface area (Å²) in [6.07, 6.45) is 5.98. The van der Waals surface area contributed by atoms with Crippen LogP contribution in [0.5, 0.6) is 0 Å².